The molecule has 0 aromatic heterocycles. The van der Waals surface area contributed by atoms with Crippen molar-refractivity contribution in [2.75, 3.05) is 13.7 Å². The van der Waals surface area contributed by atoms with Crippen LogP contribution in [0.3, 0.4) is 0 Å². The summed E-state index contributed by atoms with van der Waals surface area (Å²) < 4.78 is 4.79. The van der Waals surface area contributed by atoms with Gasteiger partial charge in [0.25, 0.3) is 0 Å². The first-order valence-electron chi connectivity index (χ1n) is 2.44. The summed E-state index contributed by atoms with van der Waals surface area (Å²) in [6, 6.07) is 0. The maximum absolute atomic E-state index is 5.78. The Balaban J connectivity index is 3.53. The van der Waals surface area contributed by atoms with E-state index >= 15 is 0 Å². The van der Waals surface area contributed by atoms with Gasteiger partial charge >= 0.3 is 0 Å². The summed E-state index contributed by atoms with van der Waals surface area (Å²) in [4.78, 5) is -0.394. The van der Waals surface area contributed by atoms with Crippen molar-refractivity contribution in [2.45, 2.75) is 11.8 Å². The van der Waals surface area contributed by atoms with Crippen LogP contribution in [0, 0.1) is 0 Å². The fraction of sp³-hybridized carbons (Fsp3) is 0.667. The fourth-order valence-corrected chi connectivity index (χ4v) is 0.450. The molecule has 0 saturated heterocycles. The van der Waals surface area contributed by atoms with Gasteiger partial charge in [0.15, 0.2) is 0 Å². The lowest BCUT2D eigenvalue weighted by atomic mass is 10.2. The molecule has 0 aromatic rings. The van der Waals surface area contributed by atoms with Crippen LogP contribution in [-0.4, -0.2) is 18.6 Å². The minimum absolute atomic E-state index is 0.394. The largest absolute Gasteiger partial charge is 0.383 e. The molecule has 2 heteroatoms. The van der Waals surface area contributed by atoms with Gasteiger partial charge in [0.2, 0.25) is 0 Å². The number of hydrogen-bond acceptors (Lipinski definition) is 1. The number of halogens is 1. The molecule has 0 spiro atoms. The summed E-state index contributed by atoms with van der Waals surface area (Å²) in [6.45, 7) is 5.90. The lowest BCUT2D eigenvalue weighted by Gasteiger charge is -2.13. The first kappa shape index (κ1) is 7.99. The number of alkyl halides is 1. The molecule has 0 radical (unpaired) electrons. The Labute approximate surface area is 55.3 Å². The highest BCUT2D eigenvalue weighted by Gasteiger charge is 2.13. The van der Waals surface area contributed by atoms with Crippen LogP contribution in [0.5, 0.6) is 0 Å². The van der Waals surface area contributed by atoms with Gasteiger partial charge in [0, 0.05) is 7.11 Å². The topological polar surface area (TPSA) is 9.23 Å². The van der Waals surface area contributed by atoms with E-state index in [-0.39, 0.29) is 0 Å². The summed E-state index contributed by atoms with van der Waals surface area (Å²) >= 11 is 5.78. The fourth-order valence-electron chi connectivity index (χ4n) is 0.341. The quantitative estimate of drug-likeness (QED) is 0.423. The van der Waals surface area contributed by atoms with Gasteiger partial charge in [-0.25, -0.2) is 0 Å². The molecule has 0 aliphatic heterocycles. The van der Waals surface area contributed by atoms with E-state index in [9.17, 15) is 0 Å². The molecule has 48 valence electrons. The smallest absolute Gasteiger partial charge is 0.0828 e. The van der Waals surface area contributed by atoms with Crippen LogP contribution in [0.25, 0.3) is 0 Å². The third kappa shape index (κ3) is 3.05. The van der Waals surface area contributed by atoms with Crippen molar-refractivity contribution in [3.05, 3.63) is 12.7 Å². The summed E-state index contributed by atoms with van der Waals surface area (Å²) in [5.74, 6) is 0. The molecule has 1 unspecified atom stereocenters. The predicted molar refractivity (Wildman–Crippen MR) is 36.3 cm³/mol. The van der Waals surface area contributed by atoms with Crippen molar-refractivity contribution in [1.82, 2.24) is 0 Å². The molecule has 0 aliphatic carbocycles. The first-order chi connectivity index (χ1) is 3.62. The van der Waals surface area contributed by atoms with Crippen molar-refractivity contribution in [3.63, 3.8) is 0 Å². The van der Waals surface area contributed by atoms with E-state index in [2.05, 4.69) is 6.58 Å². The van der Waals surface area contributed by atoms with E-state index in [1.807, 2.05) is 6.92 Å². The molecule has 1 nitrogen and oxygen atoms in total. The van der Waals surface area contributed by atoms with Gasteiger partial charge in [-0.2, -0.15) is 0 Å². The van der Waals surface area contributed by atoms with Gasteiger partial charge < -0.3 is 4.74 Å². The second-order valence-electron chi connectivity index (χ2n) is 1.92. The van der Waals surface area contributed by atoms with Crippen LogP contribution in [0.4, 0.5) is 0 Å². The predicted octanol–water partition coefficient (Wildman–Crippen LogP) is 1.82. The van der Waals surface area contributed by atoms with E-state index in [1.165, 1.54) is 0 Å². The Hall–Kier alpha value is -0.0100. The third-order valence-electron chi connectivity index (χ3n) is 0.852. The summed E-state index contributed by atoms with van der Waals surface area (Å²) in [5.41, 5.74) is 0. The minimum atomic E-state index is -0.394. The first-order valence-corrected chi connectivity index (χ1v) is 2.81. The van der Waals surface area contributed by atoms with Crippen molar-refractivity contribution in [1.29, 1.82) is 0 Å². The number of rotatable bonds is 3. The molecule has 0 saturated carbocycles. The maximum atomic E-state index is 5.78. The Kier molecular flexibility index (Phi) is 3.10. The van der Waals surface area contributed by atoms with Gasteiger partial charge in [-0.05, 0) is 6.92 Å². The zero-order valence-corrected chi connectivity index (χ0v) is 6.03. The van der Waals surface area contributed by atoms with E-state index in [4.69, 9.17) is 16.3 Å². The van der Waals surface area contributed by atoms with Crippen LogP contribution in [0.15, 0.2) is 12.7 Å². The average Bonchev–Trinajstić information content (AvgIpc) is 1.67. The van der Waals surface area contributed by atoms with Gasteiger partial charge in [-0.3, -0.25) is 0 Å². The molecular weight excluding hydrogens is 124 g/mol. The van der Waals surface area contributed by atoms with E-state index in [0.717, 1.165) is 0 Å². The Morgan fingerprint density at radius 2 is 2.38 bits per heavy atom. The van der Waals surface area contributed by atoms with E-state index in [0.29, 0.717) is 6.61 Å². The molecule has 0 amide bonds. The SMILES string of the molecule is C=CC(C)(Cl)COC. The standard InChI is InChI=1S/C6H11ClO/c1-4-6(2,7)5-8-3/h4H,1,5H2,2-3H3. The summed E-state index contributed by atoms with van der Waals surface area (Å²) in [5, 5.41) is 0. The number of methoxy groups -OCH3 is 1. The van der Waals surface area contributed by atoms with Crippen LogP contribution in [0.2, 0.25) is 0 Å². The van der Waals surface area contributed by atoms with Crippen LogP contribution in [-0.2, 0) is 4.74 Å². The summed E-state index contributed by atoms with van der Waals surface area (Å²) in [7, 11) is 1.62. The Morgan fingerprint density at radius 1 is 1.88 bits per heavy atom. The van der Waals surface area contributed by atoms with E-state index < -0.39 is 4.87 Å². The molecule has 0 N–H and O–H groups in total. The van der Waals surface area contributed by atoms with Gasteiger partial charge in [0.1, 0.15) is 0 Å². The lowest BCUT2D eigenvalue weighted by molar-refractivity contribution is 0.184. The van der Waals surface area contributed by atoms with Crippen molar-refractivity contribution in [3.8, 4) is 0 Å². The molecule has 8 heavy (non-hydrogen) atoms. The molecule has 0 heterocycles. The Morgan fingerprint density at radius 3 is 2.50 bits per heavy atom. The van der Waals surface area contributed by atoms with Gasteiger partial charge in [-0.15, -0.1) is 18.2 Å². The maximum Gasteiger partial charge on any atom is 0.0828 e. The highest BCUT2D eigenvalue weighted by atomic mass is 35.5. The van der Waals surface area contributed by atoms with Gasteiger partial charge in [0.05, 0.1) is 11.5 Å². The molecule has 1 atom stereocenters. The van der Waals surface area contributed by atoms with Crippen molar-refractivity contribution < 1.29 is 4.74 Å². The lowest BCUT2D eigenvalue weighted by Crippen LogP contribution is -2.18. The minimum Gasteiger partial charge on any atom is -0.383 e. The van der Waals surface area contributed by atoms with E-state index in [1.54, 1.807) is 13.2 Å². The average molecular weight is 135 g/mol. The molecular formula is C6H11ClO. The molecule has 0 fully saturated rings. The molecule has 0 bridgehead atoms. The van der Waals surface area contributed by atoms with Crippen LogP contribution < -0.4 is 0 Å². The second kappa shape index (κ2) is 3.10. The number of ether oxygens (including phenoxy) is 1. The highest BCUT2D eigenvalue weighted by Crippen LogP contribution is 2.14. The molecule has 0 rings (SSSR count). The molecule has 0 aliphatic rings. The number of hydrogen-bond donors (Lipinski definition) is 0. The highest BCUT2D eigenvalue weighted by molar-refractivity contribution is 6.25. The zero-order valence-electron chi connectivity index (χ0n) is 5.28. The normalized spacial score (nSPS) is 17.4. The Bertz CT molecular complexity index is 78.6. The second-order valence-corrected chi connectivity index (χ2v) is 2.78. The summed E-state index contributed by atoms with van der Waals surface area (Å²) in [6.07, 6.45) is 1.66. The van der Waals surface area contributed by atoms with Crippen molar-refractivity contribution >= 4 is 11.6 Å². The van der Waals surface area contributed by atoms with Crippen LogP contribution >= 0.6 is 11.6 Å². The monoisotopic (exact) mass is 134 g/mol. The van der Waals surface area contributed by atoms with Gasteiger partial charge in [-0.1, -0.05) is 6.08 Å². The van der Waals surface area contributed by atoms with Crippen molar-refractivity contribution in [2.24, 2.45) is 0 Å². The molecule has 0 aromatic carbocycles. The van der Waals surface area contributed by atoms with Crippen LogP contribution in [0.1, 0.15) is 6.92 Å². The third-order valence-corrected chi connectivity index (χ3v) is 1.12. The zero-order chi connectivity index (χ0) is 6.62.